The minimum atomic E-state index is -1.65. The molecule has 4 heteroatoms. The summed E-state index contributed by atoms with van der Waals surface area (Å²) < 4.78 is 5.46. The van der Waals surface area contributed by atoms with Crippen LogP contribution in [0.4, 0.5) is 0 Å². The Kier molecular flexibility index (Phi) is 3.86. The molecule has 0 aliphatic heterocycles. The summed E-state index contributed by atoms with van der Waals surface area (Å²) in [6.45, 7) is 8.07. The summed E-state index contributed by atoms with van der Waals surface area (Å²) in [7, 11) is -1.65. The van der Waals surface area contributed by atoms with Crippen LogP contribution in [0, 0.1) is 11.3 Å². The summed E-state index contributed by atoms with van der Waals surface area (Å²) in [5.74, 6) is 0. The van der Waals surface area contributed by atoms with Gasteiger partial charge in [0.1, 0.15) is 0 Å². The molecule has 84 valence electrons. The van der Waals surface area contributed by atoms with Crippen LogP contribution in [-0.4, -0.2) is 14.0 Å². The van der Waals surface area contributed by atoms with Crippen molar-refractivity contribution in [1.82, 2.24) is 0 Å². The van der Waals surface area contributed by atoms with Crippen LogP contribution in [0.15, 0.2) is 29.4 Å². The second-order valence-electron chi connectivity index (χ2n) is 4.54. The summed E-state index contributed by atoms with van der Waals surface area (Å²) in [4.78, 5) is 0. The van der Waals surface area contributed by atoms with E-state index in [0.29, 0.717) is 5.56 Å². The van der Waals surface area contributed by atoms with Gasteiger partial charge in [-0.1, -0.05) is 18.2 Å². The lowest BCUT2D eigenvalue weighted by Gasteiger charge is -2.14. The molecule has 0 amide bonds. The Morgan fingerprint density at radius 3 is 2.50 bits per heavy atom. The average Bonchev–Trinajstić information content (AvgIpc) is 2.25. The van der Waals surface area contributed by atoms with E-state index in [0.717, 1.165) is 11.3 Å². The summed E-state index contributed by atoms with van der Waals surface area (Å²) in [6.07, 6.45) is 0. The van der Waals surface area contributed by atoms with Crippen molar-refractivity contribution >= 4 is 14.0 Å². The normalized spacial score (nSPS) is 12.1. The van der Waals surface area contributed by atoms with Gasteiger partial charge in [-0.3, -0.25) is 0 Å². The minimum Gasteiger partial charge on any atom is -0.455 e. The van der Waals surface area contributed by atoms with Crippen molar-refractivity contribution in [3.63, 3.8) is 0 Å². The van der Waals surface area contributed by atoms with Crippen LogP contribution in [0.1, 0.15) is 18.1 Å². The zero-order valence-electron chi connectivity index (χ0n) is 10.1. The SMILES string of the molecule is C/C(=N\O[Si](C)(C)C)c1ccccc1C#N. The highest BCUT2D eigenvalue weighted by molar-refractivity contribution is 6.69. The van der Waals surface area contributed by atoms with Crippen molar-refractivity contribution in [2.24, 2.45) is 5.16 Å². The Hall–Kier alpha value is -1.60. The van der Waals surface area contributed by atoms with E-state index < -0.39 is 8.32 Å². The Labute approximate surface area is 97.5 Å². The van der Waals surface area contributed by atoms with Crippen molar-refractivity contribution in [3.05, 3.63) is 35.4 Å². The molecule has 3 nitrogen and oxygen atoms in total. The van der Waals surface area contributed by atoms with Crippen molar-refractivity contribution in [2.75, 3.05) is 0 Å². The standard InChI is InChI=1S/C12H16N2OSi/c1-10(14-15-16(2,3)4)12-8-6-5-7-11(12)9-13/h5-8H,1-4H3/b14-10+. The van der Waals surface area contributed by atoms with Crippen LogP contribution in [0.5, 0.6) is 0 Å². The van der Waals surface area contributed by atoms with Crippen LogP contribution >= 0.6 is 0 Å². The number of nitrogens with zero attached hydrogens (tertiary/aromatic N) is 2. The average molecular weight is 232 g/mol. The van der Waals surface area contributed by atoms with E-state index >= 15 is 0 Å². The molecular formula is C12H16N2OSi. The highest BCUT2D eigenvalue weighted by Gasteiger charge is 2.16. The molecule has 0 aliphatic rings. The third kappa shape index (κ3) is 3.52. The molecule has 0 saturated heterocycles. The van der Waals surface area contributed by atoms with Gasteiger partial charge >= 0.3 is 0 Å². The van der Waals surface area contributed by atoms with Gasteiger partial charge in [-0.15, -0.1) is 5.16 Å². The van der Waals surface area contributed by atoms with Gasteiger partial charge in [0.15, 0.2) is 0 Å². The zero-order valence-corrected chi connectivity index (χ0v) is 11.1. The molecule has 0 spiro atoms. The summed E-state index contributed by atoms with van der Waals surface area (Å²) in [5, 5.41) is 13.1. The second-order valence-corrected chi connectivity index (χ2v) is 8.95. The maximum Gasteiger partial charge on any atom is 0.278 e. The summed E-state index contributed by atoms with van der Waals surface area (Å²) >= 11 is 0. The van der Waals surface area contributed by atoms with Crippen LogP contribution in [0.2, 0.25) is 19.6 Å². The van der Waals surface area contributed by atoms with Crippen LogP contribution < -0.4 is 0 Å². The highest BCUT2D eigenvalue weighted by Crippen LogP contribution is 2.10. The van der Waals surface area contributed by atoms with E-state index in [1.165, 1.54) is 0 Å². The number of benzene rings is 1. The van der Waals surface area contributed by atoms with Crippen molar-refractivity contribution in [3.8, 4) is 6.07 Å². The summed E-state index contributed by atoms with van der Waals surface area (Å²) in [6, 6.07) is 9.54. The predicted octanol–water partition coefficient (Wildman–Crippen LogP) is 3.13. The van der Waals surface area contributed by atoms with Gasteiger partial charge in [0.25, 0.3) is 8.32 Å². The zero-order chi connectivity index (χ0) is 12.2. The molecule has 0 aliphatic carbocycles. The van der Waals surface area contributed by atoms with Crippen molar-refractivity contribution in [2.45, 2.75) is 26.6 Å². The first-order valence-electron chi connectivity index (χ1n) is 5.16. The molecule has 0 atom stereocenters. The molecule has 1 aromatic carbocycles. The molecule has 0 radical (unpaired) electrons. The fourth-order valence-electron chi connectivity index (χ4n) is 1.15. The molecule has 16 heavy (non-hydrogen) atoms. The third-order valence-electron chi connectivity index (χ3n) is 1.89. The molecule has 0 heterocycles. The molecule has 0 unspecified atom stereocenters. The van der Waals surface area contributed by atoms with Gasteiger partial charge < -0.3 is 4.53 Å². The first-order chi connectivity index (χ1) is 7.44. The molecule has 1 aromatic rings. The Morgan fingerprint density at radius 1 is 1.31 bits per heavy atom. The largest absolute Gasteiger partial charge is 0.455 e. The van der Waals surface area contributed by atoms with E-state index in [-0.39, 0.29) is 0 Å². The van der Waals surface area contributed by atoms with Gasteiger partial charge in [-0.05, 0) is 32.6 Å². The number of hydrogen-bond donors (Lipinski definition) is 0. The molecule has 1 rings (SSSR count). The highest BCUT2D eigenvalue weighted by atomic mass is 28.4. The molecule has 0 saturated carbocycles. The number of rotatable bonds is 3. The Bertz CT molecular complexity index is 441. The van der Waals surface area contributed by atoms with Gasteiger partial charge in [0, 0.05) is 5.56 Å². The fraction of sp³-hybridized carbons (Fsp3) is 0.333. The van der Waals surface area contributed by atoms with Crippen molar-refractivity contribution < 1.29 is 4.53 Å². The van der Waals surface area contributed by atoms with Gasteiger partial charge in [-0.25, -0.2) is 0 Å². The quantitative estimate of drug-likeness (QED) is 0.456. The van der Waals surface area contributed by atoms with E-state index in [2.05, 4.69) is 30.9 Å². The lowest BCUT2D eigenvalue weighted by Crippen LogP contribution is -2.23. The smallest absolute Gasteiger partial charge is 0.278 e. The molecule has 0 bridgehead atoms. The predicted molar refractivity (Wildman–Crippen MR) is 67.8 cm³/mol. The van der Waals surface area contributed by atoms with Crippen LogP contribution in [0.25, 0.3) is 0 Å². The number of hydrogen-bond acceptors (Lipinski definition) is 3. The van der Waals surface area contributed by atoms with Gasteiger partial charge in [-0.2, -0.15) is 5.26 Å². The van der Waals surface area contributed by atoms with Gasteiger partial charge in [0.2, 0.25) is 0 Å². The van der Waals surface area contributed by atoms with E-state index in [4.69, 9.17) is 9.79 Å². The second kappa shape index (κ2) is 4.95. The number of oxime groups is 1. The summed E-state index contributed by atoms with van der Waals surface area (Å²) in [5.41, 5.74) is 2.21. The molecule has 0 fully saturated rings. The number of nitriles is 1. The Morgan fingerprint density at radius 2 is 1.94 bits per heavy atom. The maximum absolute atomic E-state index is 8.96. The topological polar surface area (TPSA) is 45.4 Å². The lowest BCUT2D eigenvalue weighted by atomic mass is 10.1. The fourth-order valence-corrected chi connectivity index (χ4v) is 1.56. The molecule has 0 N–H and O–H groups in total. The monoisotopic (exact) mass is 232 g/mol. The van der Waals surface area contributed by atoms with Crippen LogP contribution in [-0.2, 0) is 4.53 Å². The maximum atomic E-state index is 8.96. The first kappa shape index (κ1) is 12.5. The van der Waals surface area contributed by atoms with E-state index in [1.807, 2.05) is 25.1 Å². The van der Waals surface area contributed by atoms with Gasteiger partial charge in [0.05, 0.1) is 17.3 Å². The van der Waals surface area contributed by atoms with E-state index in [1.54, 1.807) is 6.07 Å². The Balaban J connectivity index is 2.97. The van der Waals surface area contributed by atoms with Crippen LogP contribution in [0.3, 0.4) is 0 Å². The van der Waals surface area contributed by atoms with E-state index in [9.17, 15) is 0 Å². The first-order valence-corrected chi connectivity index (χ1v) is 8.57. The molecule has 0 aromatic heterocycles. The van der Waals surface area contributed by atoms with Crippen molar-refractivity contribution in [1.29, 1.82) is 5.26 Å². The lowest BCUT2D eigenvalue weighted by molar-refractivity contribution is 0.335. The third-order valence-corrected chi connectivity index (χ3v) is 2.53. The minimum absolute atomic E-state index is 0.628. The molecular weight excluding hydrogens is 216 g/mol.